The normalized spacial score (nSPS) is 10.5. The minimum atomic E-state index is -0.974. The van der Waals surface area contributed by atoms with E-state index in [1.54, 1.807) is 6.92 Å². The topological polar surface area (TPSA) is 98.2 Å². The number of benzene rings is 1. The zero-order valence-electron chi connectivity index (χ0n) is 9.90. The molecule has 3 N–H and O–H groups in total. The molecule has 0 radical (unpaired) electrons. The van der Waals surface area contributed by atoms with Gasteiger partial charge in [0, 0.05) is 13.5 Å². The highest BCUT2D eigenvalue weighted by atomic mass is 16.3. The van der Waals surface area contributed by atoms with Gasteiger partial charge in [0.1, 0.15) is 5.52 Å². The van der Waals surface area contributed by atoms with E-state index < -0.39 is 11.8 Å². The molecule has 0 atom stereocenters. The number of carbonyl (C=O) groups excluding carboxylic acids is 2. The minimum Gasteiger partial charge on any atom is -0.441 e. The first-order chi connectivity index (χ1) is 8.56. The van der Waals surface area contributed by atoms with Crippen molar-refractivity contribution >= 4 is 22.9 Å². The number of nitrogens with two attached hydrogens (primary N) is 1. The van der Waals surface area contributed by atoms with Crippen molar-refractivity contribution in [3.63, 3.8) is 0 Å². The summed E-state index contributed by atoms with van der Waals surface area (Å²) in [4.78, 5) is 25.7. The van der Waals surface area contributed by atoms with Gasteiger partial charge in [-0.25, -0.2) is 4.98 Å². The van der Waals surface area contributed by atoms with E-state index in [1.165, 1.54) is 0 Å². The number of nitrogens with one attached hydrogen (secondary N) is 1. The van der Waals surface area contributed by atoms with Crippen molar-refractivity contribution in [1.82, 2.24) is 10.3 Å². The predicted octanol–water partition coefficient (Wildman–Crippen LogP) is 0.280. The molecule has 0 unspecified atom stereocenters. The average Bonchev–Trinajstić information content (AvgIpc) is 2.68. The first-order valence-electron chi connectivity index (χ1n) is 5.50. The van der Waals surface area contributed by atoms with Gasteiger partial charge in [-0.05, 0) is 24.1 Å². The second-order valence-electron chi connectivity index (χ2n) is 3.91. The Kier molecular flexibility index (Phi) is 3.27. The lowest BCUT2D eigenvalue weighted by Gasteiger charge is -2.02. The third-order valence-corrected chi connectivity index (χ3v) is 2.48. The first kappa shape index (κ1) is 12.1. The second-order valence-corrected chi connectivity index (χ2v) is 3.91. The highest BCUT2D eigenvalue weighted by Crippen LogP contribution is 2.16. The molecule has 1 heterocycles. The summed E-state index contributed by atoms with van der Waals surface area (Å²) in [5.74, 6) is -1.13. The average molecular weight is 247 g/mol. The third kappa shape index (κ3) is 2.65. The summed E-state index contributed by atoms with van der Waals surface area (Å²) in [5.41, 5.74) is 7.34. The van der Waals surface area contributed by atoms with Gasteiger partial charge in [0.25, 0.3) is 0 Å². The number of aromatic nitrogens is 1. The Balaban J connectivity index is 1.99. The maximum absolute atomic E-state index is 10.9. The smallest absolute Gasteiger partial charge is 0.309 e. The van der Waals surface area contributed by atoms with E-state index in [1.807, 2.05) is 18.2 Å². The van der Waals surface area contributed by atoms with Crippen molar-refractivity contribution < 1.29 is 14.0 Å². The van der Waals surface area contributed by atoms with Gasteiger partial charge in [-0.3, -0.25) is 9.59 Å². The number of rotatable bonds is 3. The van der Waals surface area contributed by atoms with E-state index in [-0.39, 0.29) is 0 Å². The van der Waals surface area contributed by atoms with Crippen LogP contribution in [0, 0.1) is 6.92 Å². The standard InChI is InChI=1S/C12H13N3O3/c1-7-15-9-6-8(2-3-10(9)18-7)4-5-14-12(17)11(13)16/h2-3,6H,4-5H2,1H3,(H2,13,16)(H,14,17). The first-order valence-corrected chi connectivity index (χ1v) is 5.50. The maximum Gasteiger partial charge on any atom is 0.309 e. The van der Waals surface area contributed by atoms with Crippen molar-refractivity contribution in [2.45, 2.75) is 13.3 Å². The van der Waals surface area contributed by atoms with E-state index in [4.69, 9.17) is 10.2 Å². The number of nitrogens with zero attached hydrogens (tertiary/aromatic N) is 1. The molecule has 94 valence electrons. The highest BCUT2D eigenvalue weighted by molar-refractivity contribution is 6.34. The summed E-state index contributed by atoms with van der Waals surface area (Å²) in [7, 11) is 0. The molecule has 0 bridgehead atoms. The Hall–Kier alpha value is -2.37. The molecule has 0 spiro atoms. The van der Waals surface area contributed by atoms with Crippen molar-refractivity contribution in [3.05, 3.63) is 29.7 Å². The minimum absolute atomic E-state index is 0.351. The number of primary amides is 1. The van der Waals surface area contributed by atoms with Gasteiger partial charge < -0.3 is 15.5 Å². The van der Waals surface area contributed by atoms with Crippen LogP contribution in [0.25, 0.3) is 11.1 Å². The predicted molar refractivity (Wildman–Crippen MR) is 64.7 cm³/mol. The molecule has 0 saturated carbocycles. The van der Waals surface area contributed by atoms with Gasteiger partial charge in [0.05, 0.1) is 0 Å². The van der Waals surface area contributed by atoms with Gasteiger partial charge in [-0.2, -0.15) is 0 Å². The monoisotopic (exact) mass is 247 g/mol. The van der Waals surface area contributed by atoms with E-state index in [0.29, 0.717) is 18.9 Å². The van der Waals surface area contributed by atoms with Crippen LogP contribution >= 0.6 is 0 Å². The zero-order valence-corrected chi connectivity index (χ0v) is 9.90. The van der Waals surface area contributed by atoms with Gasteiger partial charge in [-0.15, -0.1) is 0 Å². The molecular formula is C12H13N3O3. The molecule has 0 aliphatic carbocycles. The van der Waals surface area contributed by atoms with Gasteiger partial charge in [-0.1, -0.05) is 6.07 Å². The number of hydrogen-bond acceptors (Lipinski definition) is 4. The van der Waals surface area contributed by atoms with Crippen LogP contribution in [0.5, 0.6) is 0 Å². The molecule has 0 aliphatic rings. The molecule has 6 heteroatoms. The number of amides is 2. The molecule has 2 amide bonds. The van der Waals surface area contributed by atoms with Crippen LogP contribution in [0.3, 0.4) is 0 Å². The van der Waals surface area contributed by atoms with Crippen LogP contribution in [0.4, 0.5) is 0 Å². The number of carbonyl (C=O) groups is 2. The van der Waals surface area contributed by atoms with Crippen LogP contribution in [-0.4, -0.2) is 23.3 Å². The van der Waals surface area contributed by atoms with Crippen LogP contribution < -0.4 is 11.1 Å². The number of oxazole rings is 1. The number of fused-ring (bicyclic) bond motifs is 1. The van der Waals surface area contributed by atoms with Crippen LogP contribution in [0.1, 0.15) is 11.5 Å². The molecule has 0 fully saturated rings. The Labute approximate surface area is 103 Å². The highest BCUT2D eigenvalue weighted by Gasteiger charge is 2.07. The zero-order chi connectivity index (χ0) is 13.1. The Morgan fingerprint density at radius 1 is 1.44 bits per heavy atom. The summed E-state index contributed by atoms with van der Waals surface area (Å²) < 4.78 is 5.35. The largest absolute Gasteiger partial charge is 0.441 e. The third-order valence-electron chi connectivity index (χ3n) is 2.48. The van der Waals surface area contributed by atoms with E-state index in [2.05, 4.69) is 10.3 Å². The number of aryl methyl sites for hydroxylation is 1. The summed E-state index contributed by atoms with van der Waals surface area (Å²) in [6.07, 6.45) is 0.598. The summed E-state index contributed by atoms with van der Waals surface area (Å²) in [6, 6.07) is 5.62. The lowest BCUT2D eigenvalue weighted by Crippen LogP contribution is -2.37. The second kappa shape index (κ2) is 4.87. The summed E-state index contributed by atoms with van der Waals surface area (Å²) >= 11 is 0. The van der Waals surface area contributed by atoms with Crippen LogP contribution in [0.2, 0.25) is 0 Å². The van der Waals surface area contributed by atoms with E-state index in [9.17, 15) is 9.59 Å². The fraction of sp³-hybridized carbons (Fsp3) is 0.250. The summed E-state index contributed by atoms with van der Waals surface area (Å²) in [6.45, 7) is 2.14. The molecular weight excluding hydrogens is 234 g/mol. The van der Waals surface area contributed by atoms with Crippen molar-refractivity contribution in [2.75, 3.05) is 6.54 Å². The van der Waals surface area contributed by atoms with Crippen LogP contribution in [-0.2, 0) is 16.0 Å². The SMILES string of the molecule is Cc1nc2cc(CCNC(=O)C(N)=O)ccc2o1. The fourth-order valence-corrected chi connectivity index (χ4v) is 1.65. The quantitative estimate of drug-likeness (QED) is 0.761. The number of hydrogen-bond donors (Lipinski definition) is 2. The molecule has 1 aromatic carbocycles. The van der Waals surface area contributed by atoms with Crippen molar-refractivity contribution in [1.29, 1.82) is 0 Å². The van der Waals surface area contributed by atoms with Crippen molar-refractivity contribution in [3.8, 4) is 0 Å². The van der Waals surface area contributed by atoms with Crippen molar-refractivity contribution in [2.24, 2.45) is 5.73 Å². The molecule has 18 heavy (non-hydrogen) atoms. The van der Waals surface area contributed by atoms with Gasteiger partial charge in [0.15, 0.2) is 11.5 Å². The van der Waals surface area contributed by atoms with E-state index in [0.717, 1.165) is 16.7 Å². The molecule has 0 aliphatic heterocycles. The fourth-order valence-electron chi connectivity index (χ4n) is 1.65. The molecule has 0 saturated heterocycles. The van der Waals surface area contributed by atoms with Gasteiger partial charge in [0.2, 0.25) is 0 Å². The van der Waals surface area contributed by atoms with E-state index >= 15 is 0 Å². The Bertz CT molecular complexity index is 604. The molecule has 2 aromatic rings. The molecule has 2 rings (SSSR count). The van der Waals surface area contributed by atoms with Crippen LogP contribution in [0.15, 0.2) is 22.6 Å². The lowest BCUT2D eigenvalue weighted by atomic mass is 10.1. The maximum atomic E-state index is 10.9. The Morgan fingerprint density at radius 3 is 2.94 bits per heavy atom. The Morgan fingerprint density at radius 2 is 2.22 bits per heavy atom. The summed E-state index contributed by atoms with van der Waals surface area (Å²) in [5, 5.41) is 2.43. The molecule has 6 nitrogen and oxygen atoms in total. The van der Waals surface area contributed by atoms with Gasteiger partial charge >= 0.3 is 11.8 Å². The lowest BCUT2D eigenvalue weighted by molar-refractivity contribution is -0.137. The molecule has 1 aromatic heterocycles.